The predicted octanol–water partition coefficient (Wildman–Crippen LogP) is 2.54. The molecule has 4 atom stereocenters. The molecule has 3 aliphatic rings. The second kappa shape index (κ2) is 3.10. The third-order valence-corrected chi connectivity index (χ3v) is 4.72. The second-order valence-corrected chi connectivity index (χ2v) is 5.15. The van der Waals surface area contributed by atoms with E-state index >= 15 is 0 Å². The second-order valence-electron chi connectivity index (χ2n) is 5.15. The fourth-order valence-corrected chi connectivity index (χ4v) is 4.19. The number of esters is 1. The average Bonchev–Trinajstić information content (AvgIpc) is 2.90. The fraction of sp³-hybridized carbons (Fsp3) is 0.769. The van der Waals surface area contributed by atoms with Gasteiger partial charge in [-0.05, 0) is 43.9 Å². The van der Waals surface area contributed by atoms with Gasteiger partial charge in [-0.3, -0.25) is 4.79 Å². The number of allylic oxidation sites excluding steroid dienone is 2. The van der Waals surface area contributed by atoms with Crippen molar-refractivity contribution in [1.82, 2.24) is 0 Å². The molecule has 0 amide bonds. The Morgan fingerprint density at radius 1 is 1.53 bits per heavy atom. The molecule has 0 aromatic rings. The van der Waals surface area contributed by atoms with Gasteiger partial charge in [-0.15, -0.1) is 0 Å². The summed E-state index contributed by atoms with van der Waals surface area (Å²) in [6.45, 7) is 2.43. The molecular weight excluding hydrogens is 188 g/mol. The van der Waals surface area contributed by atoms with Crippen LogP contribution in [0.25, 0.3) is 0 Å². The molecule has 0 aromatic heterocycles. The van der Waals surface area contributed by atoms with Crippen molar-refractivity contribution >= 4 is 5.97 Å². The molecule has 3 rings (SSSR count). The van der Waals surface area contributed by atoms with E-state index in [2.05, 4.69) is 12.2 Å². The molecule has 15 heavy (non-hydrogen) atoms. The lowest BCUT2D eigenvalue weighted by Crippen LogP contribution is -2.39. The highest BCUT2D eigenvalue weighted by Crippen LogP contribution is 2.64. The molecule has 0 radical (unpaired) electrons. The number of hydrogen-bond donors (Lipinski definition) is 0. The van der Waals surface area contributed by atoms with E-state index in [4.69, 9.17) is 4.74 Å². The molecule has 2 nitrogen and oxygen atoms in total. The minimum Gasteiger partial charge on any atom is -0.466 e. The highest BCUT2D eigenvalue weighted by atomic mass is 16.5. The molecule has 2 bridgehead atoms. The van der Waals surface area contributed by atoms with E-state index in [-0.39, 0.29) is 11.4 Å². The maximum atomic E-state index is 12.2. The number of carbonyl (C=O) groups is 1. The standard InChI is InChI=1S/C13H18O2/c1-2-15-12(14)13-7-3-4-11(13)9-5-6-10(13)8-9/h5-6,9-11H,2-4,7-8H2,1H3/t9-,10+,11?,13?/m0/s1. The quantitative estimate of drug-likeness (QED) is 0.512. The zero-order chi connectivity index (χ0) is 10.5. The van der Waals surface area contributed by atoms with Crippen molar-refractivity contribution in [3.63, 3.8) is 0 Å². The van der Waals surface area contributed by atoms with E-state index in [0.717, 1.165) is 6.42 Å². The van der Waals surface area contributed by atoms with Gasteiger partial charge in [0.05, 0.1) is 12.0 Å². The van der Waals surface area contributed by atoms with Gasteiger partial charge in [0.1, 0.15) is 0 Å². The molecule has 0 N–H and O–H groups in total. The summed E-state index contributed by atoms with van der Waals surface area (Å²) < 4.78 is 5.31. The Hall–Kier alpha value is -0.790. The summed E-state index contributed by atoms with van der Waals surface area (Å²) in [5.74, 6) is 1.83. The Kier molecular flexibility index (Phi) is 1.95. The Labute approximate surface area is 90.7 Å². The van der Waals surface area contributed by atoms with Gasteiger partial charge in [-0.1, -0.05) is 18.6 Å². The van der Waals surface area contributed by atoms with E-state index in [1.807, 2.05) is 6.92 Å². The zero-order valence-corrected chi connectivity index (χ0v) is 9.24. The van der Waals surface area contributed by atoms with Crippen LogP contribution in [0.1, 0.15) is 32.6 Å². The lowest BCUT2D eigenvalue weighted by atomic mass is 9.70. The first-order chi connectivity index (χ1) is 7.29. The van der Waals surface area contributed by atoms with Crippen molar-refractivity contribution in [2.75, 3.05) is 6.61 Å². The normalized spacial score (nSPS) is 45.8. The van der Waals surface area contributed by atoms with Crippen LogP contribution in [0.2, 0.25) is 0 Å². The van der Waals surface area contributed by atoms with Gasteiger partial charge in [-0.25, -0.2) is 0 Å². The van der Waals surface area contributed by atoms with Crippen LogP contribution < -0.4 is 0 Å². The molecule has 0 aromatic carbocycles. The van der Waals surface area contributed by atoms with Gasteiger partial charge < -0.3 is 4.74 Å². The zero-order valence-electron chi connectivity index (χ0n) is 9.24. The fourth-order valence-electron chi connectivity index (χ4n) is 4.19. The van der Waals surface area contributed by atoms with Crippen LogP contribution in [-0.2, 0) is 9.53 Å². The Morgan fingerprint density at radius 2 is 2.40 bits per heavy atom. The van der Waals surface area contributed by atoms with Crippen LogP contribution in [-0.4, -0.2) is 12.6 Å². The summed E-state index contributed by atoms with van der Waals surface area (Å²) in [6.07, 6.45) is 9.29. The number of rotatable bonds is 2. The predicted molar refractivity (Wildman–Crippen MR) is 57.1 cm³/mol. The van der Waals surface area contributed by atoms with Crippen LogP contribution in [0.15, 0.2) is 12.2 Å². The Bertz CT molecular complexity index is 320. The van der Waals surface area contributed by atoms with E-state index in [9.17, 15) is 4.79 Å². The summed E-state index contributed by atoms with van der Waals surface area (Å²) in [4.78, 5) is 12.2. The van der Waals surface area contributed by atoms with E-state index in [1.165, 1.54) is 19.3 Å². The van der Waals surface area contributed by atoms with Crippen molar-refractivity contribution in [3.8, 4) is 0 Å². The topological polar surface area (TPSA) is 26.3 Å². The van der Waals surface area contributed by atoms with Crippen molar-refractivity contribution in [1.29, 1.82) is 0 Å². The van der Waals surface area contributed by atoms with Crippen LogP contribution in [0, 0.1) is 23.2 Å². The first kappa shape index (κ1) is 9.44. The first-order valence-corrected chi connectivity index (χ1v) is 6.14. The summed E-state index contributed by atoms with van der Waals surface area (Å²) in [6, 6.07) is 0. The molecule has 0 spiro atoms. The molecule has 82 valence electrons. The number of fused-ring (bicyclic) bond motifs is 5. The first-order valence-electron chi connectivity index (χ1n) is 6.14. The Morgan fingerprint density at radius 3 is 3.20 bits per heavy atom. The smallest absolute Gasteiger partial charge is 0.312 e. The van der Waals surface area contributed by atoms with E-state index < -0.39 is 0 Å². The average molecular weight is 206 g/mol. The lowest BCUT2D eigenvalue weighted by molar-refractivity contribution is -0.159. The van der Waals surface area contributed by atoms with Gasteiger partial charge in [0.25, 0.3) is 0 Å². The number of hydrogen-bond acceptors (Lipinski definition) is 2. The van der Waals surface area contributed by atoms with Crippen molar-refractivity contribution < 1.29 is 9.53 Å². The molecule has 2 saturated carbocycles. The van der Waals surface area contributed by atoms with Gasteiger partial charge in [0.2, 0.25) is 0 Å². The lowest BCUT2D eigenvalue weighted by Gasteiger charge is -2.34. The number of carbonyl (C=O) groups excluding carboxylic acids is 1. The van der Waals surface area contributed by atoms with Gasteiger partial charge in [0, 0.05) is 0 Å². The van der Waals surface area contributed by atoms with Crippen molar-refractivity contribution in [2.24, 2.45) is 23.2 Å². The van der Waals surface area contributed by atoms with Crippen LogP contribution in [0.4, 0.5) is 0 Å². The minimum atomic E-state index is -0.116. The number of ether oxygens (including phenoxy) is 1. The summed E-state index contributed by atoms with van der Waals surface area (Å²) in [5.41, 5.74) is -0.116. The van der Waals surface area contributed by atoms with Crippen molar-refractivity contribution in [2.45, 2.75) is 32.6 Å². The molecule has 2 heteroatoms. The van der Waals surface area contributed by atoms with Gasteiger partial charge >= 0.3 is 5.97 Å². The summed E-state index contributed by atoms with van der Waals surface area (Å²) in [5, 5.41) is 0. The van der Waals surface area contributed by atoms with Crippen molar-refractivity contribution in [3.05, 3.63) is 12.2 Å². The third kappa shape index (κ3) is 1.03. The summed E-state index contributed by atoms with van der Waals surface area (Å²) in [7, 11) is 0. The molecule has 2 unspecified atom stereocenters. The Balaban J connectivity index is 1.95. The van der Waals surface area contributed by atoms with E-state index in [0.29, 0.717) is 24.4 Å². The molecular formula is C13H18O2. The molecule has 0 aliphatic heterocycles. The SMILES string of the molecule is CCOC(=O)C12CCCC1[C@H]1C=C[C@@H]2C1. The highest BCUT2D eigenvalue weighted by Gasteiger charge is 2.62. The van der Waals surface area contributed by atoms with Crippen LogP contribution in [0.3, 0.4) is 0 Å². The molecule has 3 aliphatic carbocycles. The minimum absolute atomic E-state index is 0.0874. The molecule has 0 heterocycles. The molecule has 2 fully saturated rings. The highest BCUT2D eigenvalue weighted by molar-refractivity contribution is 5.79. The maximum Gasteiger partial charge on any atom is 0.312 e. The largest absolute Gasteiger partial charge is 0.466 e. The monoisotopic (exact) mass is 206 g/mol. The van der Waals surface area contributed by atoms with Gasteiger partial charge in [-0.2, -0.15) is 0 Å². The maximum absolute atomic E-state index is 12.2. The van der Waals surface area contributed by atoms with E-state index in [1.54, 1.807) is 0 Å². The third-order valence-electron chi connectivity index (χ3n) is 4.72. The molecule has 0 saturated heterocycles. The summed E-state index contributed by atoms with van der Waals surface area (Å²) >= 11 is 0. The van der Waals surface area contributed by atoms with Crippen LogP contribution in [0.5, 0.6) is 0 Å². The van der Waals surface area contributed by atoms with Gasteiger partial charge in [0.15, 0.2) is 0 Å². The van der Waals surface area contributed by atoms with Crippen LogP contribution >= 0.6 is 0 Å².